The highest BCUT2D eigenvalue weighted by Gasteiger charge is 1.96. The van der Waals surface area contributed by atoms with Crippen LogP contribution in [0.4, 0.5) is 0 Å². The highest BCUT2D eigenvalue weighted by Crippen LogP contribution is 2.00. The van der Waals surface area contributed by atoms with Crippen LogP contribution in [0.25, 0.3) is 0 Å². The van der Waals surface area contributed by atoms with Crippen LogP contribution in [-0.4, -0.2) is 16.5 Å². The number of unbranched alkanes of at least 4 members (excludes halogenated alkanes) is 1. The van der Waals surface area contributed by atoms with E-state index in [4.69, 9.17) is 0 Å². The van der Waals surface area contributed by atoms with Crippen molar-refractivity contribution in [2.75, 3.05) is 6.54 Å². The van der Waals surface area contributed by atoms with Crippen molar-refractivity contribution in [3.8, 4) is 0 Å². The average Bonchev–Trinajstić information content (AvgIpc) is 2.25. The van der Waals surface area contributed by atoms with E-state index < -0.39 is 0 Å². The van der Waals surface area contributed by atoms with Crippen LogP contribution in [-0.2, 0) is 13.0 Å². The summed E-state index contributed by atoms with van der Waals surface area (Å²) >= 11 is 0. The number of rotatable bonds is 6. The van der Waals surface area contributed by atoms with Gasteiger partial charge in [0.25, 0.3) is 0 Å². The number of aryl methyl sites for hydroxylation is 1. The quantitative estimate of drug-likeness (QED) is 0.750. The molecular weight excluding hydrogens is 174 g/mol. The number of nitrogens with one attached hydrogen (secondary N) is 1. The molecule has 0 amide bonds. The lowest BCUT2D eigenvalue weighted by molar-refractivity contribution is 0.709. The van der Waals surface area contributed by atoms with Gasteiger partial charge in [0.15, 0.2) is 0 Å². The average molecular weight is 193 g/mol. The second-order valence-electron chi connectivity index (χ2n) is 3.39. The zero-order valence-electron chi connectivity index (χ0n) is 9.08. The SMILES string of the molecule is CCCCc1ncc(CNCC)cn1. The van der Waals surface area contributed by atoms with Crippen LogP contribution in [0, 0.1) is 0 Å². The van der Waals surface area contributed by atoms with Crippen LogP contribution >= 0.6 is 0 Å². The van der Waals surface area contributed by atoms with Gasteiger partial charge in [0.1, 0.15) is 5.82 Å². The molecule has 3 nitrogen and oxygen atoms in total. The molecule has 78 valence electrons. The zero-order valence-corrected chi connectivity index (χ0v) is 9.08. The van der Waals surface area contributed by atoms with Crippen molar-refractivity contribution in [1.29, 1.82) is 0 Å². The molecule has 0 aliphatic carbocycles. The second-order valence-corrected chi connectivity index (χ2v) is 3.39. The third kappa shape index (κ3) is 3.83. The van der Waals surface area contributed by atoms with Gasteiger partial charge in [-0.05, 0) is 13.0 Å². The monoisotopic (exact) mass is 193 g/mol. The Hall–Kier alpha value is -0.960. The minimum absolute atomic E-state index is 0.866. The third-order valence-electron chi connectivity index (χ3n) is 2.09. The topological polar surface area (TPSA) is 37.8 Å². The third-order valence-corrected chi connectivity index (χ3v) is 2.09. The predicted octanol–water partition coefficient (Wildman–Crippen LogP) is 1.93. The predicted molar refractivity (Wildman–Crippen MR) is 58.0 cm³/mol. The van der Waals surface area contributed by atoms with Gasteiger partial charge in [-0.1, -0.05) is 20.3 Å². The minimum Gasteiger partial charge on any atom is -0.313 e. The molecule has 0 saturated carbocycles. The maximum Gasteiger partial charge on any atom is 0.128 e. The minimum atomic E-state index is 0.866. The van der Waals surface area contributed by atoms with Crippen molar-refractivity contribution in [2.24, 2.45) is 0 Å². The first-order valence-electron chi connectivity index (χ1n) is 5.37. The maximum absolute atomic E-state index is 4.32. The van der Waals surface area contributed by atoms with Gasteiger partial charge in [-0.2, -0.15) is 0 Å². The van der Waals surface area contributed by atoms with E-state index in [1.165, 1.54) is 12.8 Å². The summed E-state index contributed by atoms with van der Waals surface area (Å²) in [4.78, 5) is 8.64. The summed E-state index contributed by atoms with van der Waals surface area (Å²) in [5.41, 5.74) is 1.16. The van der Waals surface area contributed by atoms with Crippen molar-refractivity contribution >= 4 is 0 Å². The molecule has 1 rings (SSSR count). The highest BCUT2D eigenvalue weighted by molar-refractivity contribution is 5.04. The Morgan fingerprint density at radius 3 is 2.50 bits per heavy atom. The fraction of sp³-hybridized carbons (Fsp3) is 0.636. The van der Waals surface area contributed by atoms with Crippen LogP contribution in [0.3, 0.4) is 0 Å². The number of hydrogen-bond acceptors (Lipinski definition) is 3. The molecule has 3 heteroatoms. The van der Waals surface area contributed by atoms with Crippen LogP contribution in [0.5, 0.6) is 0 Å². The van der Waals surface area contributed by atoms with Crippen LogP contribution in [0.15, 0.2) is 12.4 Å². The fourth-order valence-corrected chi connectivity index (χ4v) is 1.21. The molecule has 0 atom stereocenters. The van der Waals surface area contributed by atoms with Crippen LogP contribution in [0.2, 0.25) is 0 Å². The molecule has 0 aromatic carbocycles. The van der Waals surface area contributed by atoms with Gasteiger partial charge in [-0.15, -0.1) is 0 Å². The molecule has 0 unspecified atom stereocenters. The van der Waals surface area contributed by atoms with E-state index >= 15 is 0 Å². The molecule has 1 N–H and O–H groups in total. The summed E-state index contributed by atoms with van der Waals surface area (Å²) in [6, 6.07) is 0. The van der Waals surface area contributed by atoms with Gasteiger partial charge in [-0.3, -0.25) is 0 Å². The summed E-state index contributed by atoms with van der Waals surface area (Å²) in [5.74, 6) is 0.965. The summed E-state index contributed by atoms with van der Waals surface area (Å²) < 4.78 is 0. The van der Waals surface area contributed by atoms with Gasteiger partial charge in [0.2, 0.25) is 0 Å². The van der Waals surface area contributed by atoms with E-state index in [1.807, 2.05) is 12.4 Å². The first kappa shape index (κ1) is 11.1. The Labute approximate surface area is 86.0 Å². The van der Waals surface area contributed by atoms with Crippen molar-refractivity contribution in [2.45, 2.75) is 39.7 Å². The number of hydrogen-bond donors (Lipinski definition) is 1. The molecule has 0 saturated heterocycles. The van der Waals surface area contributed by atoms with E-state index in [9.17, 15) is 0 Å². The lowest BCUT2D eigenvalue weighted by atomic mass is 10.2. The lowest BCUT2D eigenvalue weighted by Crippen LogP contribution is -2.12. The molecule has 0 aliphatic rings. The Balaban J connectivity index is 2.42. The van der Waals surface area contributed by atoms with E-state index in [2.05, 4.69) is 29.1 Å². The Kier molecular flexibility index (Phi) is 5.15. The Bertz CT molecular complexity index is 216. The lowest BCUT2D eigenvalue weighted by Gasteiger charge is -2.02. The Morgan fingerprint density at radius 1 is 1.21 bits per heavy atom. The van der Waals surface area contributed by atoms with Crippen molar-refractivity contribution in [3.63, 3.8) is 0 Å². The second kappa shape index (κ2) is 6.49. The molecule has 0 radical (unpaired) electrons. The van der Waals surface area contributed by atoms with Crippen molar-refractivity contribution < 1.29 is 0 Å². The molecular formula is C11H19N3. The number of aromatic nitrogens is 2. The number of nitrogens with zero attached hydrogens (tertiary/aromatic N) is 2. The highest BCUT2D eigenvalue weighted by atomic mass is 14.9. The van der Waals surface area contributed by atoms with Crippen molar-refractivity contribution in [1.82, 2.24) is 15.3 Å². The van der Waals surface area contributed by atoms with Gasteiger partial charge < -0.3 is 5.32 Å². The summed E-state index contributed by atoms with van der Waals surface area (Å²) in [6.07, 6.45) is 7.20. The molecule has 1 heterocycles. The molecule has 14 heavy (non-hydrogen) atoms. The molecule has 0 bridgehead atoms. The zero-order chi connectivity index (χ0) is 10.2. The van der Waals surface area contributed by atoms with Gasteiger partial charge in [0, 0.05) is 30.9 Å². The van der Waals surface area contributed by atoms with Crippen molar-refractivity contribution in [3.05, 3.63) is 23.8 Å². The molecule has 1 aromatic heterocycles. The first-order valence-corrected chi connectivity index (χ1v) is 5.37. The maximum atomic E-state index is 4.32. The van der Waals surface area contributed by atoms with E-state index in [0.29, 0.717) is 0 Å². The smallest absolute Gasteiger partial charge is 0.128 e. The Morgan fingerprint density at radius 2 is 1.93 bits per heavy atom. The summed E-state index contributed by atoms with van der Waals surface area (Å²) in [5, 5.41) is 3.25. The standard InChI is InChI=1S/C11H19N3/c1-3-5-6-11-13-8-10(9-14-11)7-12-4-2/h8-9,12H,3-7H2,1-2H3. The summed E-state index contributed by atoms with van der Waals surface area (Å²) in [7, 11) is 0. The van der Waals surface area contributed by atoms with Crippen LogP contribution < -0.4 is 5.32 Å². The molecule has 0 spiro atoms. The van der Waals surface area contributed by atoms with Gasteiger partial charge in [-0.25, -0.2) is 9.97 Å². The summed E-state index contributed by atoms with van der Waals surface area (Å²) in [6.45, 7) is 6.12. The van der Waals surface area contributed by atoms with E-state index in [1.54, 1.807) is 0 Å². The molecule has 0 aliphatic heterocycles. The van der Waals surface area contributed by atoms with Gasteiger partial charge in [0.05, 0.1) is 0 Å². The van der Waals surface area contributed by atoms with E-state index in [-0.39, 0.29) is 0 Å². The fourth-order valence-electron chi connectivity index (χ4n) is 1.21. The largest absolute Gasteiger partial charge is 0.313 e. The molecule has 1 aromatic rings. The first-order chi connectivity index (χ1) is 6.86. The molecule has 0 fully saturated rings. The normalized spacial score (nSPS) is 10.4. The van der Waals surface area contributed by atoms with Gasteiger partial charge >= 0.3 is 0 Å². The van der Waals surface area contributed by atoms with E-state index in [0.717, 1.165) is 30.9 Å². The van der Waals surface area contributed by atoms with Crippen LogP contribution in [0.1, 0.15) is 38.1 Å².